The second-order valence-electron chi connectivity index (χ2n) is 3.26. The summed E-state index contributed by atoms with van der Waals surface area (Å²) in [7, 11) is -1.34. The van der Waals surface area contributed by atoms with E-state index in [-0.39, 0.29) is 0 Å². The maximum atomic E-state index is 8.58. The van der Waals surface area contributed by atoms with E-state index in [1.165, 1.54) is 0 Å². The molecule has 0 radical (unpaired) electrons. The van der Waals surface area contributed by atoms with Gasteiger partial charge in [0, 0.05) is 11.9 Å². The van der Waals surface area contributed by atoms with Crippen LogP contribution in [0.15, 0.2) is 54.7 Å². The summed E-state index contributed by atoms with van der Waals surface area (Å²) < 4.78 is 0. The molecule has 0 spiro atoms. The molecule has 1 aromatic carbocycles. The van der Waals surface area contributed by atoms with E-state index < -0.39 is 7.12 Å². The Balaban J connectivity index is 0. The summed E-state index contributed by atoms with van der Waals surface area (Å²) in [4.78, 5) is 3.98. The molecule has 1 aromatic heterocycles. The molecule has 0 fully saturated rings. The highest BCUT2D eigenvalue weighted by molar-refractivity contribution is 6.58. The lowest BCUT2D eigenvalue weighted by molar-refractivity contribution is 0.426. The normalized spacial score (nSPS) is 7.75. The Kier molecular flexibility index (Phi) is 15.9. The second kappa shape index (κ2) is 15.4. The third-order valence-corrected chi connectivity index (χ3v) is 1.91. The molecular weight excluding hydrogens is 249 g/mol. The monoisotopic (exact) mass is 275 g/mol. The van der Waals surface area contributed by atoms with Crippen LogP contribution in [0, 0.1) is 6.92 Å². The van der Waals surface area contributed by atoms with Crippen molar-refractivity contribution in [2.45, 2.75) is 34.6 Å². The molecule has 2 aromatic rings. The number of benzene rings is 1. The summed E-state index contributed by atoms with van der Waals surface area (Å²) in [6.07, 6.45) is 1.79. The van der Waals surface area contributed by atoms with E-state index >= 15 is 0 Å². The van der Waals surface area contributed by atoms with Crippen LogP contribution in [0.3, 0.4) is 0 Å². The molecular formula is C16H26BNO2. The fourth-order valence-corrected chi connectivity index (χ4v) is 1.07. The summed E-state index contributed by atoms with van der Waals surface area (Å²) in [5, 5.41) is 17.2. The molecule has 0 saturated heterocycles. The highest BCUT2D eigenvalue weighted by Gasteiger charge is 2.07. The third-order valence-electron chi connectivity index (χ3n) is 1.91. The summed E-state index contributed by atoms with van der Waals surface area (Å²) in [5.41, 5.74) is 1.60. The first kappa shape index (κ1) is 20.7. The number of aryl methyl sites for hydroxylation is 1. The van der Waals surface area contributed by atoms with Crippen LogP contribution >= 0.6 is 0 Å². The molecule has 0 amide bonds. The Labute approximate surface area is 123 Å². The molecule has 0 aliphatic rings. The number of nitrogens with zero attached hydrogens (tertiary/aromatic N) is 1. The van der Waals surface area contributed by atoms with Crippen LogP contribution in [0.5, 0.6) is 0 Å². The van der Waals surface area contributed by atoms with Gasteiger partial charge in [-0.05, 0) is 24.5 Å². The van der Waals surface area contributed by atoms with Gasteiger partial charge in [0.2, 0.25) is 0 Å². The Morgan fingerprint density at radius 3 is 1.55 bits per heavy atom. The number of pyridine rings is 1. The number of hydrogen-bond acceptors (Lipinski definition) is 3. The Hall–Kier alpha value is -1.65. The van der Waals surface area contributed by atoms with Gasteiger partial charge in [0.1, 0.15) is 0 Å². The average Bonchev–Trinajstić information content (AvgIpc) is 2.53. The zero-order chi connectivity index (χ0) is 15.8. The summed E-state index contributed by atoms with van der Waals surface area (Å²) >= 11 is 0. The van der Waals surface area contributed by atoms with Crippen LogP contribution in [-0.4, -0.2) is 22.2 Å². The van der Waals surface area contributed by atoms with Crippen molar-refractivity contribution in [3.05, 3.63) is 60.4 Å². The minimum absolute atomic E-state index is 0.525. The van der Waals surface area contributed by atoms with Crippen molar-refractivity contribution < 1.29 is 10.0 Å². The molecule has 1 heterocycles. The zero-order valence-corrected chi connectivity index (χ0v) is 13.1. The fourth-order valence-electron chi connectivity index (χ4n) is 1.07. The van der Waals surface area contributed by atoms with Crippen LogP contribution < -0.4 is 5.46 Å². The Bertz CT molecular complexity index is 394. The molecule has 20 heavy (non-hydrogen) atoms. The summed E-state index contributed by atoms with van der Waals surface area (Å²) in [6.45, 7) is 9.97. The van der Waals surface area contributed by atoms with Gasteiger partial charge in [0.25, 0.3) is 0 Å². The minimum atomic E-state index is -1.34. The van der Waals surface area contributed by atoms with E-state index in [2.05, 4.69) is 4.98 Å². The quantitative estimate of drug-likeness (QED) is 0.787. The predicted octanol–water partition coefficient (Wildman–Crippen LogP) is 2.81. The first-order valence-corrected chi connectivity index (χ1v) is 6.99. The minimum Gasteiger partial charge on any atom is -0.423 e. The van der Waals surface area contributed by atoms with Gasteiger partial charge in [-0.2, -0.15) is 0 Å². The van der Waals surface area contributed by atoms with Crippen molar-refractivity contribution in [1.82, 2.24) is 4.98 Å². The van der Waals surface area contributed by atoms with Gasteiger partial charge in [-0.3, -0.25) is 4.98 Å². The molecule has 0 saturated carbocycles. The maximum absolute atomic E-state index is 8.58. The highest BCUT2D eigenvalue weighted by atomic mass is 16.4. The van der Waals surface area contributed by atoms with Crippen LogP contribution in [0.25, 0.3) is 0 Å². The Morgan fingerprint density at radius 2 is 1.30 bits per heavy atom. The zero-order valence-electron chi connectivity index (χ0n) is 13.1. The van der Waals surface area contributed by atoms with Crippen molar-refractivity contribution in [1.29, 1.82) is 0 Å². The van der Waals surface area contributed by atoms with Gasteiger partial charge in [-0.15, -0.1) is 0 Å². The van der Waals surface area contributed by atoms with Crippen molar-refractivity contribution in [3.8, 4) is 0 Å². The molecule has 4 heteroatoms. The van der Waals surface area contributed by atoms with Crippen LogP contribution in [0.2, 0.25) is 0 Å². The lowest BCUT2D eigenvalue weighted by Gasteiger charge is -1.94. The van der Waals surface area contributed by atoms with Crippen LogP contribution in [0.4, 0.5) is 0 Å². The van der Waals surface area contributed by atoms with Gasteiger partial charge in [0.05, 0.1) is 0 Å². The van der Waals surface area contributed by atoms with E-state index in [1.807, 2.05) is 58.9 Å². The second-order valence-corrected chi connectivity index (χ2v) is 3.26. The van der Waals surface area contributed by atoms with Crippen molar-refractivity contribution >= 4 is 12.6 Å². The summed E-state index contributed by atoms with van der Waals surface area (Å²) in [5.74, 6) is 0. The smallest absolute Gasteiger partial charge is 0.423 e. The van der Waals surface area contributed by atoms with E-state index in [4.69, 9.17) is 10.0 Å². The lowest BCUT2D eigenvalue weighted by Crippen LogP contribution is -2.29. The van der Waals surface area contributed by atoms with Gasteiger partial charge in [-0.1, -0.05) is 64.1 Å². The molecule has 0 aliphatic carbocycles. The van der Waals surface area contributed by atoms with Crippen molar-refractivity contribution in [2.75, 3.05) is 0 Å². The van der Waals surface area contributed by atoms with E-state index in [9.17, 15) is 0 Å². The molecule has 2 N–H and O–H groups in total. The van der Waals surface area contributed by atoms with Crippen LogP contribution in [0.1, 0.15) is 33.4 Å². The molecule has 0 aliphatic heterocycles. The van der Waals surface area contributed by atoms with Crippen molar-refractivity contribution in [3.63, 3.8) is 0 Å². The number of aromatic nitrogens is 1. The predicted molar refractivity (Wildman–Crippen MR) is 87.9 cm³/mol. The van der Waals surface area contributed by atoms with E-state index in [1.54, 1.807) is 30.5 Å². The molecule has 0 atom stereocenters. The van der Waals surface area contributed by atoms with E-state index in [0.717, 1.165) is 5.69 Å². The standard InChI is InChI=1S/C6H7BO2.C6H7N.2C2H6/c8-7(9)6-4-2-1-3-5-6;1-6-4-2-3-5-7-6;2*1-2/h1-5,8-9H;2-5H,1H3;2*1-2H3. The maximum Gasteiger partial charge on any atom is 0.488 e. The van der Waals surface area contributed by atoms with Gasteiger partial charge >= 0.3 is 7.12 Å². The van der Waals surface area contributed by atoms with Gasteiger partial charge in [-0.25, -0.2) is 0 Å². The fraction of sp³-hybridized carbons (Fsp3) is 0.312. The first-order valence-electron chi connectivity index (χ1n) is 6.99. The average molecular weight is 275 g/mol. The molecule has 110 valence electrons. The van der Waals surface area contributed by atoms with Gasteiger partial charge in [0.15, 0.2) is 0 Å². The molecule has 3 nitrogen and oxygen atoms in total. The molecule has 0 bridgehead atoms. The largest absolute Gasteiger partial charge is 0.488 e. The molecule has 2 rings (SSSR count). The van der Waals surface area contributed by atoms with Gasteiger partial charge < -0.3 is 10.0 Å². The SMILES string of the molecule is CC.CC.Cc1ccccn1.OB(O)c1ccccc1. The van der Waals surface area contributed by atoms with Crippen LogP contribution in [-0.2, 0) is 0 Å². The first-order chi connectivity index (χ1) is 9.70. The third kappa shape index (κ3) is 11.4. The number of rotatable bonds is 1. The number of hydrogen-bond donors (Lipinski definition) is 2. The Morgan fingerprint density at radius 1 is 0.800 bits per heavy atom. The van der Waals surface area contributed by atoms with Crippen molar-refractivity contribution in [2.24, 2.45) is 0 Å². The summed E-state index contributed by atoms with van der Waals surface area (Å²) in [6, 6.07) is 14.5. The topological polar surface area (TPSA) is 53.4 Å². The highest BCUT2D eigenvalue weighted by Crippen LogP contribution is 1.86. The molecule has 0 unspecified atom stereocenters. The van der Waals surface area contributed by atoms with E-state index in [0.29, 0.717) is 5.46 Å². The lowest BCUT2D eigenvalue weighted by atomic mass is 9.81.